The molecule has 0 unspecified atom stereocenters. The van der Waals surface area contributed by atoms with Crippen LogP contribution in [0.1, 0.15) is 23.0 Å². The number of aryl methyl sites for hydroxylation is 1. The number of ether oxygens (including phenoxy) is 1. The lowest BCUT2D eigenvalue weighted by Crippen LogP contribution is -2.11. The number of hydrogen-bond donors (Lipinski definition) is 1. The third kappa shape index (κ3) is 3.02. The van der Waals surface area contributed by atoms with Gasteiger partial charge in [0.25, 0.3) is 0 Å². The van der Waals surface area contributed by atoms with Crippen molar-refractivity contribution in [2.24, 2.45) is 0 Å². The summed E-state index contributed by atoms with van der Waals surface area (Å²) in [5, 5.41) is 0. The second-order valence-electron chi connectivity index (χ2n) is 6.50. The average Bonchev–Trinajstić information content (AvgIpc) is 3.18. The zero-order valence-corrected chi connectivity index (χ0v) is 15.5. The summed E-state index contributed by atoms with van der Waals surface area (Å²) < 4.78 is 5.37. The monoisotopic (exact) mass is 355 g/mol. The maximum Gasteiger partial charge on any atom is 0.355 e. The number of carbonyl (C=O) groups is 1. The van der Waals surface area contributed by atoms with E-state index in [2.05, 4.69) is 36.2 Å². The minimum atomic E-state index is -0.339. The minimum absolute atomic E-state index is 0.333. The third-order valence-corrected chi connectivity index (χ3v) is 4.81. The van der Waals surface area contributed by atoms with E-state index in [0.717, 1.165) is 39.1 Å². The molecule has 4 rings (SSSR count). The average molecular weight is 355 g/mol. The Morgan fingerprint density at radius 1 is 0.852 bits per heavy atom. The molecule has 0 amide bonds. The van der Waals surface area contributed by atoms with Gasteiger partial charge in [-0.25, -0.2) is 4.79 Å². The van der Waals surface area contributed by atoms with Gasteiger partial charge in [-0.1, -0.05) is 72.8 Å². The Balaban J connectivity index is 2.05. The number of aromatic amines is 1. The number of hydrogen-bond acceptors (Lipinski definition) is 2. The number of nitrogens with one attached hydrogen (secondary N) is 1. The molecule has 1 aliphatic carbocycles. The van der Waals surface area contributed by atoms with Gasteiger partial charge < -0.3 is 9.72 Å². The second kappa shape index (κ2) is 7.12. The highest BCUT2D eigenvalue weighted by Crippen LogP contribution is 2.42. The summed E-state index contributed by atoms with van der Waals surface area (Å²) in [4.78, 5) is 16.2. The standard InChI is InChI=1S/C24H21NO2/c1-3-27-24(26)23-21(17-11-5-4-6-12-17)19-14-9-15-20(19)22(25-23)18-13-8-7-10-16(18)2/h4-15,25H,3H2,1-2H3. The molecule has 134 valence electrons. The van der Waals surface area contributed by atoms with Crippen molar-refractivity contribution in [2.75, 3.05) is 6.61 Å². The van der Waals surface area contributed by atoms with Gasteiger partial charge >= 0.3 is 5.97 Å². The first-order valence-corrected chi connectivity index (χ1v) is 9.14. The van der Waals surface area contributed by atoms with Crippen LogP contribution in [0.4, 0.5) is 0 Å². The van der Waals surface area contributed by atoms with Crippen molar-refractivity contribution in [3.63, 3.8) is 0 Å². The smallest absolute Gasteiger partial charge is 0.355 e. The molecule has 0 atom stereocenters. The number of rotatable bonds is 4. The number of esters is 1. The van der Waals surface area contributed by atoms with Crippen LogP contribution in [0.5, 0.6) is 0 Å². The van der Waals surface area contributed by atoms with E-state index in [9.17, 15) is 4.79 Å². The van der Waals surface area contributed by atoms with Crippen LogP contribution in [-0.2, 0) is 4.74 Å². The van der Waals surface area contributed by atoms with Crippen LogP contribution in [0.2, 0.25) is 0 Å². The van der Waals surface area contributed by atoms with Crippen LogP contribution in [0.3, 0.4) is 0 Å². The van der Waals surface area contributed by atoms with Gasteiger partial charge in [-0.3, -0.25) is 0 Å². The highest BCUT2D eigenvalue weighted by atomic mass is 16.5. The van der Waals surface area contributed by atoms with E-state index in [-0.39, 0.29) is 5.97 Å². The molecule has 0 fully saturated rings. The molecule has 0 bridgehead atoms. The fourth-order valence-corrected chi connectivity index (χ4v) is 3.57. The Morgan fingerprint density at radius 3 is 2.26 bits per heavy atom. The summed E-state index contributed by atoms with van der Waals surface area (Å²) in [5.74, 6) is -0.339. The number of benzene rings is 2. The van der Waals surface area contributed by atoms with E-state index in [1.807, 2.05) is 55.5 Å². The highest BCUT2D eigenvalue weighted by molar-refractivity contribution is 6.04. The first kappa shape index (κ1) is 17.1. The van der Waals surface area contributed by atoms with E-state index >= 15 is 0 Å². The molecule has 1 N–H and O–H groups in total. The van der Waals surface area contributed by atoms with Crippen molar-refractivity contribution in [3.8, 4) is 33.5 Å². The Labute approximate surface area is 159 Å². The molecule has 2 aromatic rings. The van der Waals surface area contributed by atoms with Gasteiger partial charge in [0, 0.05) is 16.7 Å². The lowest BCUT2D eigenvalue weighted by molar-refractivity contribution is 0.0520. The Hall–Kier alpha value is -3.33. The molecule has 27 heavy (non-hydrogen) atoms. The molecule has 3 heteroatoms. The zero-order chi connectivity index (χ0) is 18.8. The summed E-state index contributed by atoms with van der Waals surface area (Å²) in [6.07, 6.45) is 0. The molecular weight excluding hydrogens is 334 g/mol. The topological polar surface area (TPSA) is 42.1 Å². The molecule has 1 heterocycles. The van der Waals surface area contributed by atoms with Crippen molar-refractivity contribution in [1.82, 2.24) is 4.98 Å². The minimum Gasteiger partial charge on any atom is -0.461 e. The van der Waals surface area contributed by atoms with E-state index < -0.39 is 0 Å². The van der Waals surface area contributed by atoms with Gasteiger partial charge in [0.05, 0.1) is 12.3 Å². The van der Waals surface area contributed by atoms with E-state index in [4.69, 9.17) is 4.74 Å². The molecule has 0 aromatic heterocycles. The predicted octanol–water partition coefficient (Wildman–Crippen LogP) is 5.94. The number of fused-ring (bicyclic) bond motifs is 1. The molecule has 3 nitrogen and oxygen atoms in total. The lowest BCUT2D eigenvalue weighted by atomic mass is 9.91. The fourth-order valence-electron chi connectivity index (χ4n) is 3.57. The van der Waals surface area contributed by atoms with Crippen LogP contribution in [-0.4, -0.2) is 17.6 Å². The van der Waals surface area contributed by atoms with E-state index in [1.54, 1.807) is 0 Å². The first-order chi connectivity index (χ1) is 13.2. The summed E-state index contributed by atoms with van der Waals surface area (Å²) in [6.45, 7) is 4.23. The van der Waals surface area contributed by atoms with Gasteiger partial charge in [0.15, 0.2) is 0 Å². The summed E-state index contributed by atoms with van der Waals surface area (Å²) in [7, 11) is 0. The summed E-state index contributed by atoms with van der Waals surface area (Å²) >= 11 is 0. The number of carbonyl (C=O) groups excluding carboxylic acids is 1. The SMILES string of the molecule is CCOC(=O)c1[nH]c(-c2ccccc2C)c2cccc-2c1-c1ccccc1. The molecule has 1 aliphatic heterocycles. The third-order valence-electron chi connectivity index (χ3n) is 4.81. The Morgan fingerprint density at radius 2 is 1.52 bits per heavy atom. The lowest BCUT2D eigenvalue weighted by Gasteiger charge is -2.19. The van der Waals surface area contributed by atoms with Crippen LogP contribution in [0, 0.1) is 6.92 Å². The van der Waals surface area contributed by atoms with Crippen molar-refractivity contribution in [2.45, 2.75) is 13.8 Å². The van der Waals surface area contributed by atoms with E-state index in [0.29, 0.717) is 12.3 Å². The van der Waals surface area contributed by atoms with Crippen LogP contribution < -0.4 is 0 Å². The first-order valence-electron chi connectivity index (χ1n) is 9.14. The van der Waals surface area contributed by atoms with Gasteiger partial charge in [0.1, 0.15) is 5.69 Å². The quantitative estimate of drug-likeness (QED) is 0.460. The van der Waals surface area contributed by atoms with Gasteiger partial charge in [0.2, 0.25) is 0 Å². The molecule has 2 aliphatic rings. The Kier molecular flexibility index (Phi) is 4.51. The van der Waals surface area contributed by atoms with Crippen molar-refractivity contribution >= 4 is 5.97 Å². The molecule has 0 saturated carbocycles. The molecule has 2 aromatic carbocycles. The van der Waals surface area contributed by atoms with E-state index in [1.165, 1.54) is 0 Å². The maximum atomic E-state index is 12.8. The molecule has 0 spiro atoms. The van der Waals surface area contributed by atoms with Crippen molar-refractivity contribution in [1.29, 1.82) is 0 Å². The fraction of sp³-hybridized carbons (Fsp3) is 0.125. The second-order valence-corrected chi connectivity index (χ2v) is 6.50. The van der Waals surface area contributed by atoms with Gasteiger partial charge in [-0.15, -0.1) is 0 Å². The normalized spacial score (nSPS) is 10.9. The maximum absolute atomic E-state index is 12.8. The summed E-state index contributed by atoms with van der Waals surface area (Å²) in [5.41, 5.74) is 7.67. The van der Waals surface area contributed by atoms with Crippen molar-refractivity contribution < 1.29 is 9.53 Å². The molecule has 0 radical (unpaired) electrons. The van der Waals surface area contributed by atoms with Gasteiger partial charge in [-0.05, 0) is 30.5 Å². The van der Waals surface area contributed by atoms with Crippen molar-refractivity contribution in [3.05, 3.63) is 84.1 Å². The predicted molar refractivity (Wildman–Crippen MR) is 109 cm³/mol. The largest absolute Gasteiger partial charge is 0.461 e. The molecule has 0 saturated heterocycles. The van der Waals surface area contributed by atoms with Crippen LogP contribution >= 0.6 is 0 Å². The van der Waals surface area contributed by atoms with Gasteiger partial charge in [-0.2, -0.15) is 0 Å². The molecular formula is C24H21NO2. The number of pyridine rings is 1. The van der Waals surface area contributed by atoms with Crippen LogP contribution in [0.25, 0.3) is 33.5 Å². The van der Waals surface area contributed by atoms with Crippen LogP contribution in [0.15, 0.2) is 72.8 Å². The Bertz CT molecular complexity index is 1060. The zero-order valence-electron chi connectivity index (χ0n) is 15.5. The highest BCUT2D eigenvalue weighted by Gasteiger charge is 2.24. The number of aromatic nitrogens is 1. The summed E-state index contributed by atoms with van der Waals surface area (Å²) in [6, 6.07) is 24.3. The number of H-pyrrole nitrogens is 1.